The molecule has 1 heterocycles. The van der Waals surface area contributed by atoms with Crippen LogP contribution in [0.1, 0.15) is 59.8 Å². The van der Waals surface area contributed by atoms with Gasteiger partial charge in [0, 0.05) is 19.3 Å². The molecule has 1 rings (SSSR count). The summed E-state index contributed by atoms with van der Waals surface area (Å²) in [7, 11) is 0. The number of ether oxygens (including phenoxy) is 2. The molecule has 18 heavy (non-hydrogen) atoms. The summed E-state index contributed by atoms with van der Waals surface area (Å²) in [5, 5.41) is 0. The zero-order chi connectivity index (χ0) is 13.6. The molecule has 0 amide bonds. The second kappa shape index (κ2) is 7.46. The predicted molar refractivity (Wildman–Crippen MR) is 75.7 cm³/mol. The Bertz CT molecular complexity index is 219. The van der Waals surface area contributed by atoms with Crippen LogP contribution in [0, 0.1) is 5.41 Å². The van der Waals surface area contributed by atoms with Gasteiger partial charge in [-0.1, -0.05) is 20.8 Å². The monoisotopic (exact) mass is 257 g/mol. The Labute approximate surface area is 112 Å². The minimum atomic E-state index is 0.110. The van der Waals surface area contributed by atoms with Crippen LogP contribution in [0.2, 0.25) is 0 Å². The largest absolute Gasteiger partial charge is 0.378 e. The van der Waals surface area contributed by atoms with Gasteiger partial charge in [-0.05, 0) is 44.4 Å². The molecule has 1 fully saturated rings. The Morgan fingerprint density at radius 1 is 1.39 bits per heavy atom. The van der Waals surface area contributed by atoms with Crippen LogP contribution in [0.15, 0.2) is 0 Å². The Balaban J connectivity index is 2.29. The summed E-state index contributed by atoms with van der Waals surface area (Å²) in [4.78, 5) is 0. The van der Waals surface area contributed by atoms with Gasteiger partial charge < -0.3 is 15.2 Å². The maximum Gasteiger partial charge on any atom is 0.0773 e. The van der Waals surface area contributed by atoms with Crippen molar-refractivity contribution in [1.82, 2.24) is 0 Å². The number of hydrogen-bond donors (Lipinski definition) is 1. The van der Waals surface area contributed by atoms with Gasteiger partial charge in [-0.15, -0.1) is 0 Å². The molecule has 3 heteroatoms. The van der Waals surface area contributed by atoms with E-state index in [9.17, 15) is 0 Å². The third kappa shape index (κ3) is 5.25. The molecule has 0 radical (unpaired) electrons. The summed E-state index contributed by atoms with van der Waals surface area (Å²) in [6.07, 6.45) is 6.40. The van der Waals surface area contributed by atoms with Crippen molar-refractivity contribution >= 4 is 0 Å². The highest BCUT2D eigenvalue weighted by Gasteiger charge is 2.30. The highest BCUT2D eigenvalue weighted by molar-refractivity contribution is 4.84. The summed E-state index contributed by atoms with van der Waals surface area (Å²) in [6, 6.07) is 0.131. The highest BCUT2D eigenvalue weighted by atomic mass is 16.5. The molecule has 0 aromatic rings. The van der Waals surface area contributed by atoms with Crippen LogP contribution in [0.5, 0.6) is 0 Å². The van der Waals surface area contributed by atoms with Gasteiger partial charge in [-0.2, -0.15) is 0 Å². The second-order valence-electron chi connectivity index (χ2n) is 6.47. The average molecular weight is 257 g/mol. The average Bonchev–Trinajstić information content (AvgIpc) is 2.77. The van der Waals surface area contributed by atoms with Gasteiger partial charge in [-0.25, -0.2) is 0 Å². The van der Waals surface area contributed by atoms with Gasteiger partial charge >= 0.3 is 0 Å². The van der Waals surface area contributed by atoms with Gasteiger partial charge in [-0.3, -0.25) is 0 Å². The predicted octanol–water partition coefficient (Wildman–Crippen LogP) is 3.11. The van der Waals surface area contributed by atoms with E-state index in [1.165, 1.54) is 12.8 Å². The Morgan fingerprint density at radius 2 is 2.11 bits per heavy atom. The van der Waals surface area contributed by atoms with Crippen LogP contribution in [0.3, 0.4) is 0 Å². The minimum absolute atomic E-state index is 0.110. The summed E-state index contributed by atoms with van der Waals surface area (Å²) < 4.78 is 11.5. The standard InChI is InChI=1S/C15H31NO2/c1-5-17-14(15(2,3)4)13(16)10-6-8-12-9-7-11-18-12/h12-14H,5-11,16H2,1-4H3. The van der Waals surface area contributed by atoms with Crippen molar-refractivity contribution in [3.8, 4) is 0 Å². The lowest BCUT2D eigenvalue weighted by atomic mass is 9.83. The first-order valence-corrected chi connectivity index (χ1v) is 7.44. The molecule has 1 saturated heterocycles. The normalized spacial score (nSPS) is 24.2. The van der Waals surface area contributed by atoms with E-state index in [-0.39, 0.29) is 17.6 Å². The van der Waals surface area contributed by atoms with Crippen molar-refractivity contribution in [2.75, 3.05) is 13.2 Å². The SMILES string of the molecule is CCOC(C(N)CCCC1CCCO1)C(C)(C)C. The van der Waals surface area contributed by atoms with Crippen molar-refractivity contribution in [2.24, 2.45) is 11.1 Å². The molecule has 1 aliphatic rings. The maximum atomic E-state index is 6.31. The molecule has 0 aromatic carbocycles. The number of hydrogen-bond acceptors (Lipinski definition) is 3. The third-order valence-electron chi connectivity index (χ3n) is 3.68. The first-order chi connectivity index (χ1) is 8.45. The second-order valence-corrected chi connectivity index (χ2v) is 6.47. The molecule has 0 aromatic heterocycles. The molecule has 0 bridgehead atoms. The van der Waals surface area contributed by atoms with E-state index in [2.05, 4.69) is 20.8 Å². The van der Waals surface area contributed by atoms with Gasteiger partial charge in [0.15, 0.2) is 0 Å². The van der Waals surface area contributed by atoms with Crippen molar-refractivity contribution in [2.45, 2.75) is 78.0 Å². The lowest BCUT2D eigenvalue weighted by Crippen LogP contribution is -2.45. The van der Waals surface area contributed by atoms with E-state index in [0.29, 0.717) is 6.10 Å². The number of nitrogens with two attached hydrogens (primary N) is 1. The summed E-state index contributed by atoms with van der Waals surface area (Å²) in [6.45, 7) is 10.3. The van der Waals surface area contributed by atoms with Crippen LogP contribution in [-0.2, 0) is 9.47 Å². The molecular formula is C15H31NO2. The highest BCUT2D eigenvalue weighted by Crippen LogP contribution is 2.27. The molecule has 108 valence electrons. The lowest BCUT2D eigenvalue weighted by molar-refractivity contribution is -0.0300. The zero-order valence-electron chi connectivity index (χ0n) is 12.6. The fraction of sp³-hybridized carbons (Fsp3) is 1.00. The molecule has 3 atom stereocenters. The topological polar surface area (TPSA) is 44.5 Å². The van der Waals surface area contributed by atoms with Gasteiger partial charge in [0.25, 0.3) is 0 Å². The van der Waals surface area contributed by atoms with E-state index < -0.39 is 0 Å². The van der Waals surface area contributed by atoms with Crippen LogP contribution >= 0.6 is 0 Å². The van der Waals surface area contributed by atoms with Crippen LogP contribution in [-0.4, -0.2) is 31.5 Å². The lowest BCUT2D eigenvalue weighted by Gasteiger charge is -2.35. The van der Waals surface area contributed by atoms with E-state index in [4.69, 9.17) is 15.2 Å². The summed E-state index contributed by atoms with van der Waals surface area (Å²) in [5.41, 5.74) is 6.42. The third-order valence-corrected chi connectivity index (χ3v) is 3.68. The van der Waals surface area contributed by atoms with Crippen molar-refractivity contribution in [1.29, 1.82) is 0 Å². The Hall–Kier alpha value is -0.120. The smallest absolute Gasteiger partial charge is 0.0773 e. The molecule has 3 unspecified atom stereocenters. The molecule has 0 saturated carbocycles. The van der Waals surface area contributed by atoms with E-state index in [1.54, 1.807) is 0 Å². The van der Waals surface area contributed by atoms with E-state index >= 15 is 0 Å². The molecule has 0 aliphatic carbocycles. The number of rotatable bonds is 7. The molecule has 1 aliphatic heterocycles. The summed E-state index contributed by atoms with van der Waals surface area (Å²) in [5.74, 6) is 0. The molecule has 0 spiro atoms. The fourth-order valence-corrected chi connectivity index (χ4v) is 2.80. The van der Waals surface area contributed by atoms with Crippen LogP contribution < -0.4 is 5.73 Å². The van der Waals surface area contributed by atoms with Crippen LogP contribution in [0.4, 0.5) is 0 Å². The van der Waals surface area contributed by atoms with E-state index in [1.807, 2.05) is 6.92 Å². The van der Waals surface area contributed by atoms with Gasteiger partial charge in [0.2, 0.25) is 0 Å². The van der Waals surface area contributed by atoms with Gasteiger partial charge in [0.1, 0.15) is 0 Å². The Kier molecular flexibility index (Phi) is 6.61. The maximum absolute atomic E-state index is 6.31. The minimum Gasteiger partial charge on any atom is -0.378 e. The Morgan fingerprint density at radius 3 is 2.61 bits per heavy atom. The first kappa shape index (κ1) is 15.9. The van der Waals surface area contributed by atoms with Gasteiger partial charge in [0.05, 0.1) is 12.2 Å². The zero-order valence-corrected chi connectivity index (χ0v) is 12.6. The van der Waals surface area contributed by atoms with Crippen molar-refractivity contribution in [3.05, 3.63) is 0 Å². The van der Waals surface area contributed by atoms with E-state index in [0.717, 1.165) is 32.5 Å². The quantitative estimate of drug-likeness (QED) is 0.762. The van der Waals surface area contributed by atoms with Crippen molar-refractivity contribution < 1.29 is 9.47 Å². The summed E-state index contributed by atoms with van der Waals surface area (Å²) >= 11 is 0. The first-order valence-electron chi connectivity index (χ1n) is 7.44. The molecule has 3 nitrogen and oxygen atoms in total. The molecule has 2 N–H and O–H groups in total. The fourth-order valence-electron chi connectivity index (χ4n) is 2.80. The molecular weight excluding hydrogens is 226 g/mol. The van der Waals surface area contributed by atoms with Crippen LogP contribution in [0.25, 0.3) is 0 Å². The van der Waals surface area contributed by atoms with Crippen molar-refractivity contribution in [3.63, 3.8) is 0 Å².